The van der Waals surface area contributed by atoms with Crippen molar-refractivity contribution in [1.82, 2.24) is 4.90 Å². The molecule has 0 radical (unpaired) electrons. The molecule has 0 amide bonds. The van der Waals surface area contributed by atoms with Crippen LogP contribution >= 0.6 is 15.9 Å². The molecular formula is C15H23BrN4. The Kier molecular flexibility index (Phi) is 4.39. The van der Waals surface area contributed by atoms with Crippen molar-refractivity contribution in [1.29, 1.82) is 5.41 Å². The Morgan fingerprint density at radius 1 is 1.20 bits per heavy atom. The molecule has 3 N–H and O–H groups in total. The average Bonchev–Trinajstić information content (AvgIpc) is 2.37. The number of rotatable bonds is 2. The molecule has 0 bridgehead atoms. The summed E-state index contributed by atoms with van der Waals surface area (Å²) in [5.41, 5.74) is 7.80. The summed E-state index contributed by atoms with van der Waals surface area (Å²) in [5, 5.41) is 7.75. The van der Waals surface area contributed by atoms with Crippen molar-refractivity contribution in [2.75, 3.05) is 31.1 Å². The number of nitrogens with zero attached hydrogens (tertiary/aromatic N) is 2. The van der Waals surface area contributed by atoms with E-state index in [-0.39, 0.29) is 11.4 Å². The molecule has 0 saturated carbocycles. The van der Waals surface area contributed by atoms with Crippen LogP contribution in [0.1, 0.15) is 26.3 Å². The maximum Gasteiger partial charge on any atom is 0.124 e. The molecule has 1 aliphatic heterocycles. The number of benzene rings is 1. The zero-order valence-electron chi connectivity index (χ0n) is 12.4. The predicted octanol–water partition coefficient (Wildman–Crippen LogP) is 2.65. The molecule has 2 rings (SSSR count). The summed E-state index contributed by atoms with van der Waals surface area (Å²) in [5.74, 6) is 0.125. The molecule has 1 saturated heterocycles. The van der Waals surface area contributed by atoms with Crippen LogP contribution in [0.25, 0.3) is 0 Å². The second-order valence-electron chi connectivity index (χ2n) is 6.22. The lowest BCUT2D eigenvalue weighted by atomic mass is 10.0. The number of halogens is 1. The molecule has 1 aliphatic rings. The molecule has 5 heteroatoms. The molecule has 0 aromatic heterocycles. The Labute approximate surface area is 129 Å². The Hall–Kier alpha value is -1.07. The van der Waals surface area contributed by atoms with Crippen molar-refractivity contribution in [3.05, 3.63) is 28.2 Å². The third-order valence-corrected chi connectivity index (χ3v) is 4.31. The smallest absolute Gasteiger partial charge is 0.124 e. The maximum absolute atomic E-state index is 7.75. The Morgan fingerprint density at radius 3 is 2.30 bits per heavy atom. The van der Waals surface area contributed by atoms with Crippen LogP contribution < -0.4 is 10.6 Å². The van der Waals surface area contributed by atoms with Gasteiger partial charge in [-0.15, -0.1) is 0 Å². The molecule has 0 aliphatic carbocycles. The first-order valence-electron chi connectivity index (χ1n) is 6.93. The van der Waals surface area contributed by atoms with E-state index >= 15 is 0 Å². The van der Waals surface area contributed by atoms with E-state index in [4.69, 9.17) is 11.1 Å². The van der Waals surface area contributed by atoms with Gasteiger partial charge in [0.05, 0.1) is 0 Å². The molecule has 4 nitrogen and oxygen atoms in total. The summed E-state index contributed by atoms with van der Waals surface area (Å²) >= 11 is 3.45. The number of hydrogen-bond donors (Lipinski definition) is 2. The van der Waals surface area contributed by atoms with Crippen LogP contribution in [0, 0.1) is 5.41 Å². The lowest BCUT2D eigenvalue weighted by molar-refractivity contribution is 0.128. The van der Waals surface area contributed by atoms with Crippen LogP contribution in [0.2, 0.25) is 0 Å². The molecule has 20 heavy (non-hydrogen) atoms. The van der Waals surface area contributed by atoms with Gasteiger partial charge in [0, 0.05) is 47.4 Å². The first kappa shape index (κ1) is 15.3. The number of anilines is 1. The third-order valence-electron chi connectivity index (χ3n) is 3.82. The Morgan fingerprint density at radius 2 is 1.80 bits per heavy atom. The molecule has 0 atom stereocenters. The largest absolute Gasteiger partial charge is 0.384 e. The van der Waals surface area contributed by atoms with Gasteiger partial charge in [-0.05, 0) is 39.0 Å². The summed E-state index contributed by atoms with van der Waals surface area (Å²) in [6.07, 6.45) is 0. The van der Waals surface area contributed by atoms with E-state index in [1.54, 1.807) is 0 Å². The van der Waals surface area contributed by atoms with Crippen LogP contribution in [-0.4, -0.2) is 42.5 Å². The number of amidine groups is 1. The monoisotopic (exact) mass is 338 g/mol. The topological polar surface area (TPSA) is 56.4 Å². The molecule has 1 aromatic carbocycles. The number of hydrogen-bond acceptors (Lipinski definition) is 3. The van der Waals surface area contributed by atoms with E-state index < -0.39 is 0 Å². The summed E-state index contributed by atoms with van der Waals surface area (Å²) < 4.78 is 0.958. The minimum absolute atomic E-state index is 0.125. The van der Waals surface area contributed by atoms with Crippen LogP contribution in [0.15, 0.2) is 22.7 Å². The fraction of sp³-hybridized carbons (Fsp3) is 0.533. The lowest BCUT2D eigenvalue weighted by Crippen LogP contribution is -2.53. The van der Waals surface area contributed by atoms with Gasteiger partial charge in [-0.1, -0.05) is 15.9 Å². The molecular weight excluding hydrogens is 316 g/mol. The minimum Gasteiger partial charge on any atom is -0.384 e. The standard InChI is InChI=1S/C15H23BrN4/c1-15(2,3)20-8-6-19(7-9-20)13-5-4-11(16)10-12(13)14(17)18/h4-5,10H,6-9H2,1-3H3,(H3,17,18). The van der Waals surface area contributed by atoms with E-state index in [0.717, 1.165) is 41.9 Å². The zero-order chi connectivity index (χ0) is 14.9. The van der Waals surface area contributed by atoms with E-state index in [1.165, 1.54) is 0 Å². The normalized spacial score (nSPS) is 17.3. The Balaban J connectivity index is 2.17. The van der Waals surface area contributed by atoms with Gasteiger partial charge in [0.25, 0.3) is 0 Å². The number of nitrogen functional groups attached to an aromatic ring is 1. The predicted molar refractivity (Wildman–Crippen MR) is 88.7 cm³/mol. The molecule has 0 unspecified atom stereocenters. The summed E-state index contributed by atoms with van der Waals surface area (Å²) in [4.78, 5) is 4.82. The molecule has 1 heterocycles. The number of nitrogens with two attached hydrogens (primary N) is 1. The van der Waals surface area contributed by atoms with Crippen molar-refractivity contribution in [3.63, 3.8) is 0 Å². The molecule has 1 fully saturated rings. The van der Waals surface area contributed by atoms with Gasteiger partial charge in [-0.2, -0.15) is 0 Å². The van der Waals surface area contributed by atoms with Crippen molar-refractivity contribution in [2.24, 2.45) is 5.73 Å². The number of nitrogens with one attached hydrogen (secondary N) is 1. The maximum atomic E-state index is 7.75. The van der Waals surface area contributed by atoms with Gasteiger partial charge < -0.3 is 10.6 Å². The van der Waals surface area contributed by atoms with Crippen LogP contribution in [-0.2, 0) is 0 Å². The fourth-order valence-electron chi connectivity index (χ4n) is 2.62. The van der Waals surface area contributed by atoms with E-state index in [0.29, 0.717) is 0 Å². The second kappa shape index (κ2) is 5.74. The van der Waals surface area contributed by atoms with Gasteiger partial charge in [0.15, 0.2) is 0 Å². The minimum atomic E-state index is 0.125. The van der Waals surface area contributed by atoms with E-state index in [2.05, 4.69) is 46.5 Å². The average molecular weight is 339 g/mol. The highest BCUT2D eigenvalue weighted by molar-refractivity contribution is 9.10. The summed E-state index contributed by atoms with van der Waals surface area (Å²) in [6.45, 7) is 10.8. The second-order valence-corrected chi connectivity index (χ2v) is 7.14. The fourth-order valence-corrected chi connectivity index (χ4v) is 2.98. The highest BCUT2D eigenvalue weighted by Crippen LogP contribution is 2.26. The van der Waals surface area contributed by atoms with Crippen LogP contribution in [0.4, 0.5) is 5.69 Å². The quantitative estimate of drug-likeness (QED) is 0.643. The van der Waals surface area contributed by atoms with Gasteiger partial charge in [-0.25, -0.2) is 0 Å². The van der Waals surface area contributed by atoms with Crippen LogP contribution in [0.3, 0.4) is 0 Å². The number of piperazine rings is 1. The van der Waals surface area contributed by atoms with Gasteiger partial charge in [0.1, 0.15) is 5.84 Å². The van der Waals surface area contributed by atoms with Gasteiger partial charge in [-0.3, -0.25) is 10.3 Å². The highest BCUT2D eigenvalue weighted by Gasteiger charge is 2.26. The zero-order valence-corrected chi connectivity index (χ0v) is 14.0. The molecule has 110 valence electrons. The SMILES string of the molecule is CC(C)(C)N1CCN(c2ccc(Br)cc2C(=N)N)CC1. The molecule has 1 aromatic rings. The lowest BCUT2D eigenvalue weighted by Gasteiger charge is -2.43. The van der Waals surface area contributed by atoms with Crippen molar-refractivity contribution in [2.45, 2.75) is 26.3 Å². The first-order valence-corrected chi connectivity index (χ1v) is 7.72. The Bertz CT molecular complexity index is 499. The van der Waals surface area contributed by atoms with Crippen molar-refractivity contribution in [3.8, 4) is 0 Å². The van der Waals surface area contributed by atoms with Crippen molar-refractivity contribution < 1.29 is 0 Å². The van der Waals surface area contributed by atoms with E-state index in [9.17, 15) is 0 Å². The molecule has 0 spiro atoms. The van der Waals surface area contributed by atoms with Gasteiger partial charge in [0.2, 0.25) is 0 Å². The van der Waals surface area contributed by atoms with Gasteiger partial charge >= 0.3 is 0 Å². The third kappa shape index (κ3) is 3.33. The summed E-state index contributed by atoms with van der Waals surface area (Å²) in [6, 6.07) is 5.99. The van der Waals surface area contributed by atoms with E-state index in [1.807, 2.05) is 18.2 Å². The van der Waals surface area contributed by atoms with Crippen molar-refractivity contribution >= 4 is 27.5 Å². The van der Waals surface area contributed by atoms with Crippen LogP contribution in [0.5, 0.6) is 0 Å². The highest BCUT2D eigenvalue weighted by atomic mass is 79.9. The summed E-state index contributed by atoms with van der Waals surface area (Å²) in [7, 11) is 0. The first-order chi connectivity index (χ1) is 9.29.